The number of likely N-dealkylation sites (tertiary alicyclic amines) is 1. The summed E-state index contributed by atoms with van der Waals surface area (Å²) in [4.78, 5) is 19.3. The summed E-state index contributed by atoms with van der Waals surface area (Å²) in [5, 5.41) is 3.15. The van der Waals surface area contributed by atoms with Gasteiger partial charge in [-0.05, 0) is 61.5 Å². The minimum atomic E-state index is 0.140. The average molecular weight is 414 g/mol. The first kappa shape index (κ1) is 21.3. The molecule has 0 unspecified atom stereocenters. The highest BCUT2D eigenvalue weighted by atomic mass is 16.1. The molecule has 31 heavy (non-hydrogen) atoms. The summed E-state index contributed by atoms with van der Waals surface area (Å²) in [5.74, 6) is 0.366. The van der Waals surface area contributed by atoms with Crippen LogP contribution < -0.4 is 5.32 Å². The zero-order valence-corrected chi connectivity index (χ0v) is 18.0. The first-order valence-corrected chi connectivity index (χ1v) is 11.3. The van der Waals surface area contributed by atoms with Crippen LogP contribution in [0.25, 0.3) is 11.1 Å². The van der Waals surface area contributed by atoms with Crippen LogP contribution in [0.5, 0.6) is 0 Å². The summed E-state index contributed by atoms with van der Waals surface area (Å²) in [6.07, 6.45) is 7.59. The molecule has 0 saturated carbocycles. The number of aromatic nitrogens is 1. The van der Waals surface area contributed by atoms with E-state index in [2.05, 4.69) is 69.8 Å². The third kappa shape index (κ3) is 6.02. The molecule has 1 aliphatic rings. The van der Waals surface area contributed by atoms with Gasteiger partial charge in [0.15, 0.2) is 0 Å². The van der Waals surface area contributed by atoms with E-state index < -0.39 is 0 Å². The summed E-state index contributed by atoms with van der Waals surface area (Å²) in [5.41, 5.74) is 5.05. The smallest absolute Gasteiger partial charge is 0.223 e. The summed E-state index contributed by atoms with van der Waals surface area (Å²) in [6.45, 7) is 3.59. The lowest BCUT2D eigenvalue weighted by atomic mass is 9.94. The van der Waals surface area contributed by atoms with Crippen molar-refractivity contribution in [2.24, 2.45) is 5.92 Å². The number of benzene rings is 2. The fourth-order valence-corrected chi connectivity index (χ4v) is 4.35. The number of hydrogen-bond acceptors (Lipinski definition) is 3. The van der Waals surface area contributed by atoms with Crippen molar-refractivity contribution in [2.75, 3.05) is 19.6 Å². The van der Waals surface area contributed by atoms with Gasteiger partial charge in [0, 0.05) is 37.0 Å². The van der Waals surface area contributed by atoms with Crippen LogP contribution in [0.3, 0.4) is 0 Å². The number of nitrogens with one attached hydrogen (secondary N) is 1. The molecule has 1 aliphatic heterocycles. The molecule has 0 spiro atoms. The summed E-state index contributed by atoms with van der Waals surface area (Å²) >= 11 is 0. The molecule has 1 N–H and O–H groups in total. The van der Waals surface area contributed by atoms with Crippen molar-refractivity contribution in [3.63, 3.8) is 0 Å². The normalized spacial score (nSPS) is 15.0. The summed E-state index contributed by atoms with van der Waals surface area (Å²) in [6, 6.07) is 23.1. The van der Waals surface area contributed by atoms with Crippen molar-refractivity contribution < 1.29 is 4.79 Å². The van der Waals surface area contributed by atoms with E-state index in [-0.39, 0.29) is 11.8 Å². The van der Waals surface area contributed by atoms with Crippen molar-refractivity contribution in [3.8, 4) is 11.1 Å². The third-order valence-corrected chi connectivity index (χ3v) is 6.13. The lowest BCUT2D eigenvalue weighted by Gasteiger charge is -2.31. The van der Waals surface area contributed by atoms with E-state index >= 15 is 0 Å². The Morgan fingerprint density at radius 2 is 1.74 bits per heavy atom. The molecular weight excluding hydrogens is 382 g/mol. The second-order valence-electron chi connectivity index (χ2n) is 8.33. The standard InChI is InChI=1S/C27H31N3O/c31-27(29-17-6-10-22-8-2-1-3-9-22)23-14-18-30(19-15-23)21-25-11-4-5-13-26(25)24-12-7-16-28-20-24/h1-5,7-9,11-13,16,20,23H,6,10,14-15,17-19,21H2,(H,29,31). The number of aryl methyl sites for hydroxylation is 1. The first-order valence-electron chi connectivity index (χ1n) is 11.3. The Labute approximate surface area is 185 Å². The maximum absolute atomic E-state index is 12.6. The van der Waals surface area contributed by atoms with Gasteiger partial charge in [-0.3, -0.25) is 14.7 Å². The Morgan fingerprint density at radius 1 is 0.968 bits per heavy atom. The summed E-state index contributed by atoms with van der Waals surface area (Å²) in [7, 11) is 0. The molecule has 4 nitrogen and oxygen atoms in total. The zero-order chi connectivity index (χ0) is 21.3. The van der Waals surface area contributed by atoms with Crippen LogP contribution in [0.15, 0.2) is 79.1 Å². The van der Waals surface area contributed by atoms with Gasteiger partial charge in [0.25, 0.3) is 0 Å². The van der Waals surface area contributed by atoms with Crippen molar-refractivity contribution in [1.82, 2.24) is 15.2 Å². The van der Waals surface area contributed by atoms with Gasteiger partial charge in [-0.2, -0.15) is 0 Å². The molecule has 1 amide bonds. The van der Waals surface area contributed by atoms with E-state index in [1.54, 1.807) is 0 Å². The first-order chi connectivity index (χ1) is 15.3. The maximum atomic E-state index is 12.6. The Hall–Kier alpha value is -2.98. The fraction of sp³-hybridized carbons (Fsp3) is 0.333. The van der Waals surface area contributed by atoms with Crippen LogP contribution in [0, 0.1) is 5.92 Å². The van der Waals surface area contributed by atoms with Crippen LogP contribution in [-0.2, 0) is 17.8 Å². The van der Waals surface area contributed by atoms with Crippen LogP contribution in [0.2, 0.25) is 0 Å². The van der Waals surface area contributed by atoms with Crippen LogP contribution in [-0.4, -0.2) is 35.4 Å². The topological polar surface area (TPSA) is 45.2 Å². The zero-order valence-electron chi connectivity index (χ0n) is 18.0. The highest BCUT2D eigenvalue weighted by Gasteiger charge is 2.25. The van der Waals surface area contributed by atoms with Crippen LogP contribution >= 0.6 is 0 Å². The second kappa shape index (κ2) is 10.9. The second-order valence-corrected chi connectivity index (χ2v) is 8.33. The molecule has 0 atom stereocenters. The van der Waals surface area contributed by atoms with Gasteiger partial charge in [-0.15, -0.1) is 0 Å². The maximum Gasteiger partial charge on any atom is 0.223 e. The Morgan fingerprint density at radius 3 is 2.52 bits per heavy atom. The third-order valence-electron chi connectivity index (χ3n) is 6.13. The molecule has 1 fully saturated rings. The molecule has 1 saturated heterocycles. The highest BCUT2D eigenvalue weighted by molar-refractivity contribution is 5.78. The van der Waals surface area contributed by atoms with Gasteiger partial charge >= 0.3 is 0 Å². The number of nitrogens with zero attached hydrogens (tertiary/aromatic N) is 2. The van der Waals surface area contributed by atoms with Gasteiger partial charge in [0.2, 0.25) is 5.91 Å². The van der Waals surface area contributed by atoms with Gasteiger partial charge in [0.05, 0.1) is 0 Å². The van der Waals surface area contributed by atoms with E-state index in [4.69, 9.17) is 0 Å². The number of carbonyl (C=O) groups is 1. The number of carbonyl (C=O) groups excluding carboxylic acids is 1. The Balaban J connectivity index is 1.23. The Kier molecular flexibility index (Phi) is 7.46. The van der Waals surface area contributed by atoms with E-state index in [0.29, 0.717) is 0 Å². The molecule has 4 rings (SSSR count). The molecule has 160 valence electrons. The monoisotopic (exact) mass is 413 g/mol. The number of hydrogen-bond donors (Lipinski definition) is 1. The van der Waals surface area contributed by atoms with Crippen LogP contribution in [0.4, 0.5) is 0 Å². The lowest BCUT2D eigenvalue weighted by Crippen LogP contribution is -2.40. The number of rotatable bonds is 8. The number of pyridine rings is 1. The largest absolute Gasteiger partial charge is 0.356 e. The lowest BCUT2D eigenvalue weighted by molar-refractivity contribution is -0.126. The van der Waals surface area contributed by atoms with Gasteiger partial charge in [0.1, 0.15) is 0 Å². The molecule has 0 radical (unpaired) electrons. The SMILES string of the molecule is O=C(NCCCc1ccccc1)C1CCN(Cc2ccccc2-c2cccnc2)CC1. The number of piperidine rings is 1. The molecule has 0 bridgehead atoms. The average Bonchev–Trinajstić information content (AvgIpc) is 2.84. The minimum Gasteiger partial charge on any atom is -0.356 e. The fourth-order valence-electron chi connectivity index (χ4n) is 4.35. The van der Waals surface area contributed by atoms with E-state index in [1.165, 1.54) is 16.7 Å². The van der Waals surface area contributed by atoms with Gasteiger partial charge < -0.3 is 5.32 Å². The summed E-state index contributed by atoms with van der Waals surface area (Å²) < 4.78 is 0. The quantitative estimate of drug-likeness (QED) is 0.544. The van der Waals surface area contributed by atoms with Crippen molar-refractivity contribution in [2.45, 2.75) is 32.2 Å². The number of amides is 1. The van der Waals surface area contributed by atoms with Gasteiger partial charge in [-0.25, -0.2) is 0 Å². The van der Waals surface area contributed by atoms with E-state index in [0.717, 1.165) is 57.4 Å². The Bertz CT molecular complexity index is 950. The molecule has 2 aromatic carbocycles. The van der Waals surface area contributed by atoms with Gasteiger partial charge in [-0.1, -0.05) is 60.7 Å². The molecular formula is C27H31N3O. The van der Waals surface area contributed by atoms with E-state index in [9.17, 15) is 4.79 Å². The predicted octanol–water partition coefficient (Wildman–Crippen LogP) is 4.71. The van der Waals surface area contributed by atoms with Crippen molar-refractivity contribution >= 4 is 5.91 Å². The predicted molar refractivity (Wildman–Crippen MR) is 125 cm³/mol. The molecule has 1 aromatic heterocycles. The van der Waals surface area contributed by atoms with Crippen molar-refractivity contribution in [3.05, 3.63) is 90.3 Å². The molecule has 4 heteroatoms. The van der Waals surface area contributed by atoms with Crippen LogP contribution in [0.1, 0.15) is 30.4 Å². The molecule has 3 aromatic rings. The highest BCUT2D eigenvalue weighted by Crippen LogP contribution is 2.26. The van der Waals surface area contributed by atoms with Crippen molar-refractivity contribution in [1.29, 1.82) is 0 Å². The molecule has 0 aliphatic carbocycles. The molecule has 2 heterocycles. The van der Waals surface area contributed by atoms with E-state index in [1.807, 2.05) is 24.5 Å². The minimum absolute atomic E-state index is 0.140.